The van der Waals surface area contributed by atoms with Gasteiger partial charge in [0.25, 0.3) is 0 Å². The van der Waals surface area contributed by atoms with Crippen molar-refractivity contribution in [3.05, 3.63) is 53.1 Å². The molecule has 0 saturated carbocycles. The third-order valence-corrected chi connectivity index (χ3v) is 4.01. The average molecular weight is 383 g/mol. The van der Waals surface area contributed by atoms with Gasteiger partial charge in [-0.2, -0.15) is 5.10 Å². The Morgan fingerprint density at radius 2 is 1.71 bits per heavy atom. The fraction of sp³-hybridized carbons (Fsp3) is 0.286. The Balaban J connectivity index is 1.99. The number of hydrogen-bond acceptors (Lipinski definition) is 5. The molecule has 28 heavy (non-hydrogen) atoms. The molecule has 0 heterocycles. The van der Waals surface area contributed by atoms with Gasteiger partial charge in [0.2, 0.25) is 0 Å². The first-order valence-electron chi connectivity index (χ1n) is 9.06. The maximum Gasteiger partial charge on any atom is 0.329 e. The number of anilines is 1. The molecular formula is C21H25N3O4. The number of benzene rings is 2. The molecule has 0 aliphatic rings. The maximum absolute atomic E-state index is 12.0. The van der Waals surface area contributed by atoms with Crippen molar-refractivity contribution >= 4 is 23.7 Å². The van der Waals surface area contributed by atoms with Crippen LogP contribution in [0, 0.1) is 13.8 Å². The lowest BCUT2D eigenvalue weighted by Crippen LogP contribution is -2.32. The number of carbonyl (C=O) groups is 2. The first kappa shape index (κ1) is 21.0. The van der Waals surface area contributed by atoms with E-state index in [9.17, 15) is 9.59 Å². The summed E-state index contributed by atoms with van der Waals surface area (Å²) in [5.74, 6) is -0.411. The molecule has 2 aromatic rings. The van der Waals surface area contributed by atoms with Gasteiger partial charge in [0, 0.05) is 5.69 Å². The van der Waals surface area contributed by atoms with E-state index in [4.69, 9.17) is 9.47 Å². The Morgan fingerprint density at radius 3 is 2.43 bits per heavy atom. The number of nitrogens with one attached hydrogen (secondary N) is 2. The fourth-order valence-electron chi connectivity index (χ4n) is 2.43. The van der Waals surface area contributed by atoms with Crippen LogP contribution in [-0.2, 0) is 9.59 Å². The van der Waals surface area contributed by atoms with E-state index in [1.165, 1.54) is 6.21 Å². The highest BCUT2D eigenvalue weighted by Crippen LogP contribution is 2.28. The third-order valence-electron chi connectivity index (χ3n) is 4.01. The van der Waals surface area contributed by atoms with Crippen LogP contribution < -0.4 is 20.2 Å². The van der Waals surface area contributed by atoms with E-state index >= 15 is 0 Å². The standard InChI is InChI=1S/C21H25N3O4/c1-5-27-18-11-10-16(12-19(18)28-6-2)13-22-24-21(26)20(25)23-17-9-7-8-14(3)15(17)4/h7-13H,5-6H2,1-4H3,(H,23,25)(H,24,26)/b22-13-. The highest BCUT2D eigenvalue weighted by molar-refractivity contribution is 6.39. The number of amides is 2. The normalized spacial score (nSPS) is 10.6. The van der Waals surface area contributed by atoms with Crippen LogP contribution in [0.1, 0.15) is 30.5 Å². The van der Waals surface area contributed by atoms with Crippen LogP contribution in [0.2, 0.25) is 0 Å². The van der Waals surface area contributed by atoms with Gasteiger partial charge in [0.05, 0.1) is 19.4 Å². The summed E-state index contributed by atoms with van der Waals surface area (Å²) in [6.45, 7) is 8.61. The lowest BCUT2D eigenvalue weighted by Gasteiger charge is -2.11. The van der Waals surface area contributed by atoms with Crippen molar-refractivity contribution in [1.29, 1.82) is 0 Å². The smallest absolute Gasteiger partial charge is 0.329 e. The summed E-state index contributed by atoms with van der Waals surface area (Å²) in [5, 5.41) is 6.42. The summed E-state index contributed by atoms with van der Waals surface area (Å²) >= 11 is 0. The van der Waals surface area contributed by atoms with Crippen molar-refractivity contribution in [2.45, 2.75) is 27.7 Å². The fourth-order valence-corrected chi connectivity index (χ4v) is 2.43. The van der Waals surface area contributed by atoms with Crippen LogP contribution in [0.5, 0.6) is 11.5 Å². The SMILES string of the molecule is CCOc1ccc(/C=N\NC(=O)C(=O)Nc2cccc(C)c2C)cc1OCC. The van der Waals surface area contributed by atoms with Crippen LogP contribution in [-0.4, -0.2) is 31.2 Å². The Labute approximate surface area is 164 Å². The second-order valence-corrected chi connectivity index (χ2v) is 5.97. The number of rotatable bonds is 7. The molecule has 0 aliphatic heterocycles. The topological polar surface area (TPSA) is 89.0 Å². The summed E-state index contributed by atoms with van der Waals surface area (Å²) in [6.07, 6.45) is 1.43. The van der Waals surface area contributed by atoms with E-state index in [1.54, 1.807) is 24.3 Å². The van der Waals surface area contributed by atoms with Gasteiger partial charge in [0.1, 0.15) is 0 Å². The van der Waals surface area contributed by atoms with Crippen molar-refractivity contribution in [2.75, 3.05) is 18.5 Å². The Hall–Kier alpha value is -3.35. The summed E-state index contributed by atoms with van der Waals surface area (Å²) in [7, 11) is 0. The predicted molar refractivity (Wildman–Crippen MR) is 109 cm³/mol. The van der Waals surface area contributed by atoms with Crippen molar-refractivity contribution in [3.63, 3.8) is 0 Å². The summed E-state index contributed by atoms with van der Waals surface area (Å²) in [5.41, 5.74) is 5.45. The van der Waals surface area contributed by atoms with Gasteiger partial charge in [-0.25, -0.2) is 5.43 Å². The van der Waals surface area contributed by atoms with Gasteiger partial charge in [-0.3, -0.25) is 9.59 Å². The summed E-state index contributed by atoms with van der Waals surface area (Å²) in [4.78, 5) is 24.0. The molecule has 7 heteroatoms. The minimum Gasteiger partial charge on any atom is -0.490 e. The first-order chi connectivity index (χ1) is 13.5. The summed E-state index contributed by atoms with van der Waals surface area (Å²) < 4.78 is 11.0. The molecule has 2 N–H and O–H groups in total. The number of carbonyl (C=O) groups excluding carboxylic acids is 2. The van der Waals surface area contributed by atoms with Crippen LogP contribution >= 0.6 is 0 Å². The van der Waals surface area contributed by atoms with Crippen LogP contribution in [0.15, 0.2) is 41.5 Å². The molecule has 0 saturated heterocycles. The van der Waals surface area contributed by atoms with Crippen molar-refractivity contribution in [1.82, 2.24) is 5.43 Å². The Morgan fingerprint density at radius 1 is 1.00 bits per heavy atom. The zero-order chi connectivity index (χ0) is 20.5. The van der Waals surface area contributed by atoms with Crippen LogP contribution in [0.4, 0.5) is 5.69 Å². The Kier molecular flexibility index (Phi) is 7.56. The second kappa shape index (κ2) is 10.1. The molecule has 0 atom stereocenters. The maximum atomic E-state index is 12.0. The zero-order valence-electron chi connectivity index (χ0n) is 16.5. The largest absolute Gasteiger partial charge is 0.490 e. The van der Waals surface area contributed by atoms with E-state index in [1.807, 2.05) is 39.8 Å². The predicted octanol–water partition coefficient (Wildman–Crippen LogP) is 3.19. The van der Waals surface area contributed by atoms with Gasteiger partial charge in [-0.15, -0.1) is 0 Å². The molecule has 0 aromatic heterocycles. The van der Waals surface area contributed by atoms with E-state index < -0.39 is 11.8 Å². The van der Waals surface area contributed by atoms with Gasteiger partial charge < -0.3 is 14.8 Å². The molecule has 7 nitrogen and oxygen atoms in total. The molecule has 148 valence electrons. The van der Waals surface area contributed by atoms with Crippen molar-refractivity contribution in [3.8, 4) is 11.5 Å². The number of hydrazone groups is 1. The lowest BCUT2D eigenvalue weighted by molar-refractivity contribution is -0.136. The molecule has 0 aliphatic carbocycles. The molecule has 0 bridgehead atoms. The quantitative estimate of drug-likeness (QED) is 0.437. The molecule has 2 amide bonds. The third kappa shape index (κ3) is 5.57. The van der Waals surface area contributed by atoms with Crippen LogP contribution in [0.3, 0.4) is 0 Å². The first-order valence-corrected chi connectivity index (χ1v) is 9.06. The monoisotopic (exact) mass is 383 g/mol. The highest BCUT2D eigenvalue weighted by Gasteiger charge is 2.14. The van der Waals surface area contributed by atoms with Crippen molar-refractivity contribution in [2.24, 2.45) is 5.10 Å². The van der Waals surface area contributed by atoms with Gasteiger partial charge in [0.15, 0.2) is 11.5 Å². The van der Waals surface area contributed by atoms with E-state index in [2.05, 4.69) is 15.8 Å². The van der Waals surface area contributed by atoms with E-state index in [0.29, 0.717) is 36.0 Å². The molecule has 2 aromatic carbocycles. The molecule has 0 spiro atoms. The van der Waals surface area contributed by atoms with Gasteiger partial charge >= 0.3 is 11.8 Å². The summed E-state index contributed by atoms with van der Waals surface area (Å²) in [6, 6.07) is 10.8. The Bertz CT molecular complexity index is 878. The number of hydrogen-bond donors (Lipinski definition) is 2. The minimum absolute atomic E-state index is 0.496. The molecular weight excluding hydrogens is 358 g/mol. The molecule has 2 rings (SSSR count). The minimum atomic E-state index is -0.854. The van der Waals surface area contributed by atoms with Gasteiger partial charge in [-0.05, 0) is 68.7 Å². The zero-order valence-corrected chi connectivity index (χ0v) is 16.5. The number of ether oxygens (including phenoxy) is 2. The lowest BCUT2D eigenvalue weighted by atomic mass is 10.1. The van der Waals surface area contributed by atoms with Gasteiger partial charge in [-0.1, -0.05) is 12.1 Å². The van der Waals surface area contributed by atoms with E-state index in [-0.39, 0.29) is 0 Å². The molecule has 0 unspecified atom stereocenters. The number of aryl methyl sites for hydroxylation is 1. The van der Waals surface area contributed by atoms with Crippen LogP contribution in [0.25, 0.3) is 0 Å². The average Bonchev–Trinajstić information content (AvgIpc) is 2.67. The number of nitrogens with zero attached hydrogens (tertiary/aromatic N) is 1. The highest BCUT2D eigenvalue weighted by atomic mass is 16.5. The molecule has 0 radical (unpaired) electrons. The van der Waals surface area contributed by atoms with E-state index in [0.717, 1.165) is 11.1 Å². The van der Waals surface area contributed by atoms with Crippen molar-refractivity contribution < 1.29 is 19.1 Å². The molecule has 0 fully saturated rings. The second-order valence-electron chi connectivity index (χ2n) is 5.97.